The quantitative estimate of drug-likeness (QED) is 0.511. The van der Waals surface area contributed by atoms with Crippen LogP contribution in [0.2, 0.25) is 0 Å². The molecule has 0 saturated carbocycles. The van der Waals surface area contributed by atoms with Gasteiger partial charge in [-0.25, -0.2) is 5.43 Å². The lowest BCUT2D eigenvalue weighted by Crippen LogP contribution is -2.34. The average molecular weight is 130 g/mol. The number of carbonyl (C=O) groups is 1. The molecule has 0 aliphatic carbocycles. The Kier molecular flexibility index (Phi) is 3.46. The molecule has 0 fully saturated rings. The van der Waals surface area contributed by atoms with E-state index >= 15 is 0 Å². The number of rotatable bonds is 4. The number of carboxylic acid groups (broad SMARTS) is 1. The van der Waals surface area contributed by atoms with Crippen LogP contribution in [-0.2, 0) is 4.79 Å². The van der Waals surface area contributed by atoms with Crippen LogP contribution in [-0.4, -0.2) is 29.7 Å². The minimum absolute atomic E-state index is 0.0694. The summed E-state index contributed by atoms with van der Waals surface area (Å²) in [5, 5.41) is 9.58. The van der Waals surface area contributed by atoms with Gasteiger partial charge in [-0.15, -0.1) is 0 Å². The maximum absolute atomic E-state index is 10.00. The summed E-state index contributed by atoms with van der Waals surface area (Å²) in [5.41, 5.74) is 2.62. The number of nitrogens with one attached hydrogen (secondary N) is 1. The topological polar surface area (TPSA) is 52.6 Å². The van der Waals surface area contributed by atoms with E-state index in [0.717, 1.165) is 0 Å². The SMILES string of the molecule is C=CN(CC(=O)O)NC. The van der Waals surface area contributed by atoms with E-state index < -0.39 is 5.97 Å². The summed E-state index contributed by atoms with van der Waals surface area (Å²) in [4.78, 5) is 10.00. The van der Waals surface area contributed by atoms with Crippen LogP contribution in [0.5, 0.6) is 0 Å². The van der Waals surface area contributed by atoms with Gasteiger partial charge in [-0.2, -0.15) is 0 Å². The molecule has 52 valence electrons. The zero-order chi connectivity index (χ0) is 7.28. The van der Waals surface area contributed by atoms with Crippen molar-refractivity contribution in [2.75, 3.05) is 13.6 Å². The van der Waals surface area contributed by atoms with Crippen molar-refractivity contribution in [3.63, 3.8) is 0 Å². The zero-order valence-electron chi connectivity index (χ0n) is 5.29. The Bertz CT molecular complexity index is 114. The smallest absolute Gasteiger partial charge is 0.324 e. The van der Waals surface area contributed by atoms with E-state index in [9.17, 15) is 4.79 Å². The first-order chi connectivity index (χ1) is 4.20. The maximum Gasteiger partial charge on any atom is 0.324 e. The molecule has 0 spiro atoms. The summed E-state index contributed by atoms with van der Waals surface area (Å²) in [6, 6.07) is 0. The molecule has 0 unspecified atom stereocenters. The van der Waals surface area contributed by atoms with Gasteiger partial charge in [-0.05, 0) is 0 Å². The Balaban J connectivity index is 3.55. The normalized spacial score (nSPS) is 8.56. The lowest BCUT2D eigenvalue weighted by atomic mass is 10.6. The number of aliphatic carboxylic acids is 1. The first-order valence-corrected chi connectivity index (χ1v) is 2.49. The van der Waals surface area contributed by atoms with Gasteiger partial charge in [0.05, 0.1) is 0 Å². The van der Waals surface area contributed by atoms with Gasteiger partial charge in [-0.3, -0.25) is 4.79 Å². The zero-order valence-corrected chi connectivity index (χ0v) is 5.29. The Hall–Kier alpha value is -1.03. The largest absolute Gasteiger partial charge is 0.480 e. The van der Waals surface area contributed by atoms with Crippen molar-refractivity contribution in [2.45, 2.75) is 0 Å². The van der Waals surface area contributed by atoms with E-state index in [2.05, 4.69) is 12.0 Å². The minimum Gasteiger partial charge on any atom is -0.480 e. The Morgan fingerprint density at radius 1 is 2.00 bits per heavy atom. The third-order valence-electron chi connectivity index (χ3n) is 0.813. The standard InChI is InChI=1S/C5H10N2O2/c1-3-7(6-2)4-5(8)9/h3,6H,1,4H2,2H3,(H,8,9). The fraction of sp³-hybridized carbons (Fsp3) is 0.400. The van der Waals surface area contributed by atoms with Gasteiger partial charge in [0, 0.05) is 13.2 Å². The number of hydrazine groups is 1. The van der Waals surface area contributed by atoms with E-state index in [0.29, 0.717) is 0 Å². The maximum atomic E-state index is 10.00. The molecular formula is C5H10N2O2. The predicted octanol–water partition coefficient (Wildman–Crippen LogP) is -0.349. The van der Waals surface area contributed by atoms with Crippen LogP contribution in [0.3, 0.4) is 0 Å². The molecule has 9 heavy (non-hydrogen) atoms. The molecule has 0 aromatic rings. The van der Waals surface area contributed by atoms with Crippen LogP contribution in [0.1, 0.15) is 0 Å². The van der Waals surface area contributed by atoms with Crippen molar-refractivity contribution >= 4 is 5.97 Å². The summed E-state index contributed by atoms with van der Waals surface area (Å²) in [6.07, 6.45) is 1.41. The van der Waals surface area contributed by atoms with Crippen molar-refractivity contribution in [1.29, 1.82) is 0 Å². The van der Waals surface area contributed by atoms with Gasteiger partial charge in [-0.1, -0.05) is 6.58 Å². The van der Waals surface area contributed by atoms with Gasteiger partial charge >= 0.3 is 5.97 Å². The molecule has 0 aliphatic rings. The third-order valence-corrected chi connectivity index (χ3v) is 0.813. The first-order valence-electron chi connectivity index (χ1n) is 2.49. The molecule has 0 saturated heterocycles. The molecule has 0 amide bonds. The van der Waals surface area contributed by atoms with Crippen molar-refractivity contribution < 1.29 is 9.90 Å². The highest BCUT2D eigenvalue weighted by atomic mass is 16.4. The van der Waals surface area contributed by atoms with Crippen LogP contribution >= 0.6 is 0 Å². The average Bonchev–Trinajstić information content (AvgIpc) is 1.82. The second kappa shape index (κ2) is 3.91. The molecule has 0 rings (SSSR count). The van der Waals surface area contributed by atoms with Crippen LogP contribution in [0, 0.1) is 0 Å². The molecule has 0 aromatic carbocycles. The van der Waals surface area contributed by atoms with Crippen LogP contribution in [0.25, 0.3) is 0 Å². The molecule has 0 atom stereocenters. The molecule has 0 aromatic heterocycles. The van der Waals surface area contributed by atoms with E-state index in [1.807, 2.05) is 0 Å². The van der Waals surface area contributed by atoms with E-state index in [-0.39, 0.29) is 6.54 Å². The highest BCUT2D eigenvalue weighted by molar-refractivity contribution is 5.69. The number of nitrogens with zero attached hydrogens (tertiary/aromatic N) is 1. The summed E-state index contributed by atoms with van der Waals surface area (Å²) < 4.78 is 0. The van der Waals surface area contributed by atoms with Gasteiger partial charge < -0.3 is 10.1 Å². The number of hydrogen-bond donors (Lipinski definition) is 2. The molecule has 0 radical (unpaired) electrons. The van der Waals surface area contributed by atoms with E-state index in [1.165, 1.54) is 11.2 Å². The Morgan fingerprint density at radius 2 is 2.56 bits per heavy atom. The van der Waals surface area contributed by atoms with Gasteiger partial charge in [0.15, 0.2) is 0 Å². The highest BCUT2D eigenvalue weighted by Crippen LogP contribution is 1.78. The summed E-state index contributed by atoms with van der Waals surface area (Å²) in [5.74, 6) is -0.885. The number of carboxylic acids is 1. The molecular weight excluding hydrogens is 120 g/mol. The summed E-state index contributed by atoms with van der Waals surface area (Å²) in [6.45, 7) is 3.32. The monoisotopic (exact) mass is 130 g/mol. The summed E-state index contributed by atoms with van der Waals surface area (Å²) >= 11 is 0. The molecule has 2 N–H and O–H groups in total. The van der Waals surface area contributed by atoms with Crippen molar-refractivity contribution in [3.8, 4) is 0 Å². The highest BCUT2D eigenvalue weighted by Gasteiger charge is 1.99. The van der Waals surface area contributed by atoms with E-state index in [1.54, 1.807) is 7.05 Å². The third kappa shape index (κ3) is 3.54. The van der Waals surface area contributed by atoms with Crippen LogP contribution in [0.4, 0.5) is 0 Å². The fourth-order valence-corrected chi connectivity index (χ4v) is 0.381. The molecule has 0 bridgehead atoms. The van der Waals surface area contributed by atoms with Gasteiger partial charge in [0.25, 0.3) is 0 Å². The lowest BCUT2D eigenvalue weighted by molar-refractivity contribution is -0.138. The van der Waals surface area contributed by atoms with Gasteiger partial charge in [0.1, 0.15) is 6.54 Å². The Morgan fingerprint density at radius 3 is 2.67 bits per heavy atom. The second-order valence-electron chi connectivity index (χ2n) is 1.43. The van der Waals surface area contributed by atoms with E-state index in [4.69, 9.17) is 5.11 Å². The van der Waals surface area contributed by atoms with Crippen molar-refractivity contribution in [3.05, 3.63) is 12.8 Å². The van der Waals surface area contributed by atoms with Crippen LogP contribution in [0.15, 0.2) is 12.8 Å². The molecule has 4 heteroatoms. The molecule has 0 heterocycles. The van der Waals surface area contributed by atoms with Crippen molar-refractivity contribution in [2.24, 2.45) is 0 Å². The van der Waals surface area contributed by atoms with Gasteiger partial charge in [0.2, 0.25) is 0 Å². The lowest BCUT2D eigenvalue weighted by Gasteiger charge is -2.14. The minimum atomic E-state index is -0.885. The first kappa shape index (κ1) is 7.97. The molecule has 0 aliphatic heterocycles. The second-order valence-corrected chi connectivity index (χ2v) is 1.43. The number of hydrogen-bond acceptors (Lipinski definition) is 3. The van der Waals surface area contributed by atoms with Crippen molar-refractivity contribution in [1.82, 2.24) is 10.4 Å². The Labute approximate surface area is 53.7 Å². The predicted molar refractivity (Wildman–Crippen MR) is 33.6 cm³/mol. The summed E-state index contributed by atoms with van der Waals surface area (Å²) in [7, 11) is 1.63. The molecule has 4 nitrogen and oxygen atoms in total. The fourth-order valence-electron chi connectivity index (χ4n) is 0.381. The van der Waals surface area contributed by atoms with Crippen LogP contribution < -0.4 is 5.43 Å².